The normalized spacial score (nSPS) is 14.8. The van der Waals surface area contributed by atoms with E-state index in [1.54, 1.807) is 0 Å². The monoisotopic (exact) mass is 227 g/mol. The van der Waals surface area contributed by atoms with Gasteiger partial charge in [0.15, 0.2) is 0 Å². The molecule has 1 atom stereocenters. The highest BCUT2D eigenvalue weighted by atomic mass is 16.5. The molecule has 0 saturated heterocycles. The van der Waals surface area contributed by atoms with E-state index in [0.717, 1.165) is 39.1 Å². The number of nitriles is 1. The van der Waals surface area contributed by atoms with Crippen molar-refractivity contribution in [2.45, 2.75) is 32.2 Å². The molecule has 16 heavy (non-hydrogen) atoms. The van der Waals surface area contributed by atoms with Crippen LogP contribution in [-0.4, -0.2) is 50.8 Å². The molecule has 94 valence electrons. The van der Waals surface area contributed by atoms with Crippen molar-refractivity contribution >= 4 is 0 Å². The summed E-state index contributed by atoms with van der Waals surface area (Å²) in [6, 6.07) is 2.30. The summed E-state index contributed by atoms with van der Waals surface area (Å²) in [7, 11) is 3.92. The number of likely N-dealkylation sites (N-methyl/N-ethyl adjacent to an activating group) is 1. The van der Waals surface area contributed by atoms with Gasteiger partial charge in [0.25, 0.3) is 0 Å². The molecule has 0 saturated carbocycles. The van der Waals surface area contributed by atoms with E-state index >= 15 is 0 Å². The molecule has 0 aromatic carbocycles. The first-order chi connectivity index (χ1) is 7.58. The minimum atomic E-state index is -0.388. The van der Waals surface area contributed by atoms with Gasteiger partial charge in [-0.2, -0.15) is 5.26 Å². The van der Waals surface area contributed by atoms with Gasteiger partial charge in [0.05, 0.1) is 12.7 Å². The molecule has 0 aliphatic carbocycles. The highest BCUT2D eigenvalue weighted by Crippen LogP contribution is 2.10. The molecular weight excluding hydrogens is 202 g/mol. The van der Waals surface area contributed by atoms with Gasteiger partial charge in [0.2, 0.25) is 0 Å². The Kier molecular flexibility index (Phi) is 8.18. The molecule has 0 fully saturated rings. The van der Waals surface area contributed by atoms with Gasteiger partial charge in [-0.1, -0.05) is 0 Å². The van der Waals surface area contributed by atoms with E-state index in [1.807, 2.05) is 20.9 Å². The lowest BCUT2D eigenvalue weighted by molar-refractivity contribution is 0.121. The number of hydrogen-bond acceptors (Lipinski definition) is 4. The molecule has 0 heterocycles. The summed E-state index contributed by atoms with van der Waals surface area (Å²) in [5.41, 5.74) is -0.388. The SMILES string of the molecule is CCOCCN(C)CCCC(C)(C#N)NC. The minimum Gasteiger partial charge on any atom is -0.380 e. The van der Waals surface area contributed by atoms with Gasteiger partial charge in [-0.3, -0.25) is 0 Å². The van der Waals surface area contributed by atoms with Gasteiger partial charge in [0.1, 0.15) is 5.54 Å². The van der Waals surface area contributed by atoms with Crippen LogP contribution in [-0.2, 0) is 4.74 Å². The molecule has 1 N–H and O–H groups in total. The lowest BCUT2D eigenvalue weighted by Gasteiger charge is -2.22. The number of rotatable bonds is 9. The quantitative estimate of drug-likeness (QED) is 0.602. The Balaban J connectivity index is 3.61. The van der Waals surface area contributed by atoms with E-state index < -0.39 is 0 Å². The zero-order valence-electron chi connectivity index (χ0n) is 11.0. The van der Waals surface area contributed by atoms with Crippen molar-refractivity contribution in [2.75, 3.05) is 40.4 Å². The number of hydrogen-bond donors (Lipinski definition) is 1. The van der Waals surface area contributed by atoms with Crippen LogP contribution in [0.1, 0.15) is 26.7 Å². The van der Waals surface area contributed by atoms with Crippen molar-refractivity contribution in [1.82, 2.24) is 10.2 Å². The van der Waals surface area contributed by atoms with Crippen LogP contribution in [0.2, 0.25) is 0 Å². The molecule has 0 amide bonds. The third-order valence-electron chi connectivity index (χ3n) is 2.84. The van der Waals surface area contributed by atoms with Crippen molar-refractivity contribution in [3.05, 3.63) is 0 Å². The maximum atomic E-state index is 8.98. The molecule has 4 nitrogen and oxygen atoms in total. The van der Waals surface area contributed by atoms with Crippen molar-refractivity contribution in [3.8, 4) is 6.07 Å². The number of nitrogens with one attached hydrogen (secondary N) is 1. The van der Waals surface area contributed by atoms with Crippen LogP contribution in [0.25, 0.3) is 0 Å². The first-order valence-corrected chi connectivity index (χ1v) is 5.94. The van der Waals surface area contributed by atoms with Crippen LogP contribution in [0.5, 0.6) is 0 Å². The smallest absolute Gasteiger partial charge is 0.103 e. The van der Waals surface area contributed by atoms with E-state index in [0.29, 0.717) is 0 Å². The molecule has 0 aromatic heterocycles. The molecule has 0 spiro atoms. The fourth-order valence-corrected chi connectivity index (χ4v) is 1.42. The molecule has 0 radical (unpaired) electrons. The van der Waals surface area contributed by atoms with Crippen molar-refractivity contribution in [3.63, 3.8) is 0 Å². The molecule has 0 rings (SSSR count). The predicted molar refractivity (Wildman–Crippen MR) is 66.3 cm³/mol. The van der Waals surface area contributed by atoms with Crippen LogP contribution in [0.15, 0.2) is 0 Å². The van der Waals surface area contributed by atoms with E-state index in [2.05, 4.69) is 23.3 Å². The lowest BCUT2D eigenvalue weighted by Crippen LogP contribution is -2.38. The Morgan fingerprint density at radius 3 is 2.62 bits per heavy atom. The molecule has 1 unspecified atom stereocenters. The molecule has 0 aliphatic rings. The Labute approximate surface area is 99.6 Å². The van der Waals surface area contributed by atoms with Gasteiger partial charge in [-0.05, 0) is 47.3 Å². The van der Waals surface area contributed by atoms with E-state index in [-0.39, 0.29) is 5.54 Å². The molecular formula is C12H25N3O. The molecule has 0 aliphatic heterocycles. The second kappa shape index (κ2) is 8.51. The average molecular weight is 227 g/mol. The fraction of sp³-hybridized carbons (Fsp3) is 0.917. The molecule has 0 bridgehead atoms. The zero-order valence-corrected chi connectivity index (χ0v) is 11.0. The van der Waals surface area contributed by atoms with Gasteiger partial charge >= 0.3 is 0 Å². The van der Waals surface area contributed by atoms with Crippen LogP contribution in [0.4, 0.5) is 0 Å². The third kappa shape index (κ3) is 6.78. The number of nitrogens with zero attached hydrogens (tertiary/aromatic N) is 2. The van der Waals surface area contributed by atoms with Crippen LogP contribution >= 0.6 is 0 Å². The number of ether oxygens (including phenoxy) is 1. The fourth-order valence-electron chi connectivity index (χ4n) is 1.42. The van der Waals surface area contributed by atoms with Gasteiger partial charge in [-0.15, -0.1) is 0 Å². The summed E-state index contributed by atoms with van der Waals surface area (Å²) in [6.07, 6.45) is 1.90. The van der Waals surface area contributed by atoms with Crippen molar-refractivity contribution < 1.29 is 4.74 Å². The first-order valence-electron chi connectivity index (χ1n) is 5.94. The zero-order chi connectivity index (χ0) is 12.4. The first kappa shape index (κ1) is 15.4. The summed E-state index contributed by atoms with van der Waals surface area (Å²) >= 11 is 0. The standard InChI is InChI=1S/C12H25N3O/c1-5-16-10-9-15(4)8-6-7-12(2,11-13)14-3/h14H,5-10H2,1-4H3. The summed E-state index contributed by atoms with van der Waals surface area (Å²) in [4.78, 5) is 2.24. The van der Waals surface area contributed by atoms with Crippen molar-refractivity contribution in [2.24, 2.45) is 0 Å². The van der Waals surface area contributed by atoms with Gasteiger partial charge in [0, 0.05) is 13.2 Å². The Hall–Kier alpha value is -0.630. The van der Waals surface area contributed by atoms with Crippen LogP contribution < -0.4 is 5.32 Å². The third-order valence-corrected chi connectivity index (χ3v) is 2.84. The van der Waals surface area contributed by atoms with Crippen molar-refractivity contribution in [1.29, 1.82) is 5.26 Å². The van der Waals surface area contributed by atoms with E-state index in [4.69, 9.17) is 10.00 Å². The second-order valence-electron chi connectivity index (χ2n) is 4.30. The Morgan fingerprint density at radius 1 is 1.44 bits per heavy atom. The Morgan fingerprint density at radius 2 is 2.12 bits per heavy atom. The van der Waals surface area contributed by atoms with E-state index in [9.17, 15) is 0 Å². The maximum absolute atomic E-state index is 8.98. The summed E-state index contributed by atoms with van der Waals surface area (Å²) < 4.78 is 5.29. The lowest BCUT2D eigenvalue weighted by atomic mass is 9.98. The highest BCUT2D eigenvalue weighted by Gasteiger charge is 2.20. The largest absolute Gasteiger partial charge is 0.380 e. The summed E-state index contributed by atoms with van der Waals surface area (Å²) in [6.45, 7) is 7.47. The van der Waals surface area contributed by atoms with Crippen LogP contribution in [0, 0.1) is 11.3 Å². The summed E-state index contributed by atoms with van der Waals surface area (Å²) in [5.74, 6) is 0. The summed E-state index contributed by atoms with van der Waals surface area (Å²) in [5, 5.41) is 12.0. The average Bonchev–Trinajstić information content (AvgIpc) is 2.29. The minimum absolute atomic E-state index is 0.388. The molecule has 4 heteroatoms. The highest BCUT2D eigenvalue weighted by molar-refractivity contribution is 5.02. The second-order valence-corrected chi connectivity index (χ2v) is 4.30. The van der Waals surface area contributed by atoms with Gasteiger partial charge in [-0.25, -0.2) is 0 Å². The topological polar surface area (TPSA) is 48.3 Å². The molecule has 0 aromatic rings. The predicted octanol–water partition coefficient (Wildman–Crippen LogP) is 1.24. The Bertz CT molecular complexity index is 215. The maximum Gasteiger partial charge on any atom is 0.103 e. The van der Waals surface area contributed by atoms with Gasteiger partial charge < -0.3 is 15.0 Å². The van der Waals surface area contributed by atoms with Crippen LogP contribution in [0.3, 0.4) is 0 Å². The van der Waals surface area contributed by atoms with E-state index in [1.165, 1.54) is 0 Å².